The Morgan fingerprint density at radius 1 is 1.18 bits per heavy atom. The lowest BCUT2D eigenvalue weighted by atomic mass is 9.72. The summed E-state index contributed by atoms with van der Waals surface area (Å²) >= 11 is 0. The molecule has 2 N–H and O–H groups in total. The Morgan fingerprint density at radius 2 is 1.92 bits per heavy atom. The second-order valence-electron chi connectivity index (χ2n) is 11.6. The van der Waals surface area contributed by atoms with E-state index in [9.17, 15) is 19.8 Å². The van der Waals surface area contributed by atoms with Crippen LogP contribution in [0.25, 0.3) is 11.1 Å². The third kappa shape index (κ3) is 6.43. The van der Waals surface area contributed by atoms with Crippen molar-refractivity contribution < 1.29 is 38.4 Å². The van der Waals surface area contributed by atoms with Gasteiger partial charge in [0, 0.05) is 26.4 Å². The normalized spacial score (nSPS) is 34.7. The summed E-state index contributed by atoms with van der Waals surface area (Å²) in [6.45, 7) is 10.9. The first-order chi connectivity index (χ1) is 18.4. The lowest BCUT2D eigenvalue weighted by Gasteiger charge is -2.35. The number of Topliss-reactive ketones (excluding diaryl/α,β-unsaturated/α-hetero) is 1. The molecule has 9 nitrogen and oxygen atoms in total. The number of aryl methyl sites for hydroxylation is 1. The van der Waals surface area contributed by atoms with E-state index in [1.54, 1.807) is 33.8 Å². The van der Waals surface area contributed by atoms with Crippen molar-refractivity contribution in [2.24, 2.45) is 11.3 Å². The van der Waals surface area contributed by atoms with E-state index in [4.69, 9.17) is 18.6 Å². The van der Waals surface area contributed by atoms with Crippen molar-refractivity contribution >= 4 is 22.9 Å². The zero-order valence-electron chi connectivity index (χ0n) is 23.7. The molecule has 214 valence electrons. The number of aliphatic hydroxyl groups excluding tert-OH is 2. The predicted octanol–water partition coefficient (Wildman–Crippen LogP) is 4.37. The number of hydrogen-bond donors (Lipinski definition) is 2. The predicted molar refractivity (Wildman–Crippen MR) is 144 cm³/mol. The van der Waals surface area contributed by atoms with Crippen LogP contribution in [-0.4, -0.2) is 63.6 Å². The van der Waals surface area contributed by atoms with Gasteiger partial charge in [0.2, 0.25) is 0 Å². The number of hydrogen-bond acceptors (Lipinski definition) is 9. The molecule has 2 aliphatic rings. The van der Waals surface area contributed by atoms with Gasteiger partial charge in [0.05, 0.1) is 47.8 Å². The van der Waals surface area contributed by atoms with Crippen LogP contribution in [-0.2, 0) is 23.8 Å². The number of ketones is 1. The van der Waals surface area contributed by atoms with E-state index in [0.717, 1.165) is 5.56 Å². The summed E-state index contributed by atoms with van der Waals surface area (Å²) in [5.41, 5.74) is 0.260. The highest BCUT2D eigenvalue weighted by molar-refractivity contribution is 5.88. The van der Waals surface area contributed by atoms with Crippen molar-refractivity contribution in [2.45, 2.75) is 103 Å². The molecular formula is C30H41NO8. The first-order valence-corrected chi connectivity index (χ1v) is 13.7. The maximum Gasteiger partial charge on any atom is 0.309 e. The Kier molecular flexibility index (Phi) is 8.66. The van der Waals surface area contributed by atoms with Crippen molar-refractivity contribution in [3.05, 3.63) is 41.8 Å². The minimum atomic E-state index is -1.31. The van der Waals surface area contributed by atoms with E-state index >= 15 is 0 Å². The first-order valence-electron chi connectivity index (χ1n) is 13.7. The topological polar surface area (TPSA) is 132 Å². The number of oxazole rings is 1. The van der Waals surface area contributed by atoms with E-state index in [2.05, 4.69) is 4.98 Å². The first kappa shape index (κ1) is 29.4. The fraction of sp³-hybridized carbons (Fsp3) is 0.633. The minimum absolute atomic E-state index is 0.174. The molecule has 0 radical (unpaired) electrons. The molecule has 0 amide bonds. The van der Waals surface area contributed by atoms with Crippen LogP contribution in [0.1, 0.15) is 77.9 Å². The number of epoxide rings is 1. The maximum absolute atomic E-state index is 13.7. The molecule has 2 fully saturated rings. The highest BCUT2D eigenvalue weighted by Gasteiger charge is 2.53. The molecule has 9 heteroatoms. The monoisotopic (exact) mass is 543 g/mol. The number of ether oxygens (including phenoxy) is 3. The van der Waals surface area contributed by atoms with Crippen LogP contribution < -0.4 is 0 Å². The summed E-state index contributed by atoms with van der Waals surface area (Å²) < 4.78 is 23.5. The largest absolute Gasteiger partial charge is 0.457 e. The Morgan fingerprint density at radius 3 is 2.64 bits per heavy atom. The van der Waals surface area contributed by atoms with Gasteiger partial charge in [-0.15, -0.1) is 0 Å². The quantitative estimate of drug-likeness (QED) is 0.329. The summed E-state index contributed by atoms with van der Waals surface area (Å²) in [5, 5.41) is 22.2. The molecule has 0 spiro atoms. The number of benzene rings is 1. The number of fused-ring (bicyclic) bond motifs is 2. The summed E-state index contributed by atoms with van der Waals surface area (Å²) in [6.07, 6.45) is 0.711. The second-order valence-corrected chi connectivity index (χ2v) is 11.6. The number of carbonyl (C=O) groups is 2. The van der Waals surface area contributed by atoms with E-state index in [1.807, 2.05) is 38.1 Å². The molecule has 0 unspecified atom stereocenters. The minimum Gasteiger partial charge on any atom is -0.457 e. The van der Waals surface area contributed by atoms with E-state index in [-0.39, 0.29) is 18.3 Å². The summed E-state index contributed by atoms with van der Waals surface area (Å²) in [7, 11) is 0. The molecule has 1 aromatic heterocycles. The van der Waals surface area contributed by atoms with Crippen LogP contribution in [0, 0.1) is 18.3 Å². The van der Waals surface area contributed by atoms with Crippen LogP contribution in [0.4, 0.5) is 0 Å². The highest BCUT2D eigenvalue weighted by atomic mass is 16.6. The molecule has 1 aromatic carbocycles. The average Bonchev–Trinajstić information content (AvgIpc) is 3.34. The summed E-state index contributed by atoms with van der Waals surface area (Å²) in [5.74, 6) is -1.23. The van der Waals surface area contributed by atoms with Gasteiger partial charge in [-0.1, -0.05) is 32.1 Å². The molecule has 2 aromatic rings. The SMILES string of the molecule is CC=CC[C@H]1C(=O)C(C)(C)[C@@H](O)CC(=O)O[C@H](c2ccc3oc(C)nc3c2)C[C@@H]2O[C@]2(C)CCO[C@H](C)[C@H]1O. The second kappa shape index (κ2) is 11.5. The van der Waals surface area contributed by atoms with Gasteiger partial charge in [0.15, 0.2) is 11.5 Å². The molecule has 4 rings (SSSR count). The maximum atomic E-state index is 13.7. The van der Waals surface area contributed by atoms with E-state index in [1.165, 1.54) is 0 Å². The Bertz CT molecular complexity index is 1220. The Hall–Kier alpha value is -2.59. The molecule has 39 heavy (non-hydrogen) atoms. The number of nitrogens with zero attached hydrogens (tertiary/aromatic N) is 1. The lowest BCUT2D eigenvalue weighted by Crippen LogP contribution is -2.48. The van der Waals surface area contributed by atoms with Gasteiger partial charge in [-0.2, -0.15) is 0 Å². The number of aromatic nitrogens is 1. The molecule has 7 atom stereocenters. The number of esters is 1. The smallest absolute Gasteiger partial charge is 0.309 e. The Balaban J connectivity index is 1.63. The third-order valence-corrected chi connectivity index (χ3v) is 8.29. The van der Waals surface area contributed by atoms with Gasteiger partial charge in [-0.3, -0.25) is 9.59 Å². The standard InChI is InChI=1S/C30H41NO8/c1-7-8-9-20-27(34)17(2)36-13-12-30(6)25(39-30)15-23(19-10-11-22-21(14-19)31-18(3)37-22)38-26(33)16-24(32)29(4,5)28(20)35/h7-8,10-11,14,17,20,23-25,27,32,34H,9,12-13,15-16H2,1-6H3/t17-,20-,23+,24+,25+,27-,30-/m1/s1. The highest BCUT2D eigenvalue weighted by Crippen LogP contribution is 2.45. The van der Waals surface area contributed by atoms with Crippen LogP contribution in [0.5, 0.6) is 0 Å². The van der Waals surface area contributed by atoms with Crippen LogP contribution >= 0.6 is 0 Å². The van der Waals surface area contributed by atoms with Gasteiger partial charge in [-0.05, 0) is 44.9 Å². The fourth-order valence-electron chi connectivity index (χ4n) is 5.33. The van der Waals surface area contributed by atoms with Gasteiger partial charge in [0.25, 0.3) is 0 Å². The number of cyclic esters (lactones) is 1. The van der Waals surface area contributed by atoms with Gasteiger partial charge in [-0.25, -0.2) is 4.98 Å². The molecule has 3 heterocycles. The van der Waals surface area contributed by atoms with Crippen molar-refractivity contribution in [1.82, 2.24) is 4.98 Å². The molecular weight excluding hydrogens is 502 g/mol. The van der Waals surface area contributed by atoms with Crippen molar-refractivity contribution in [2.75, 3.05) is 6.61 Å². The van der Waals surface area contributed by atoms with E-state index < -0.39 is 47.3 Å². The summed E-state index contributed by atoms with van der Waals surface area (Å²) in [4.78, 5) is 31.2. The average molecular weight is 544 g/mol. The number of rotatable bonds is 3. The zero-order chi connectivity index (χ0) is 28.5. The number of aliphatic hydroxyl groups is 2. The molecule has 0 bridgehead atoms. The van der Waals surface area contributed by atoms with Crippen molar-refractivity contribution in [1.29, 1.82) is 0 Å². The molecule has 0 saturated carbocycles. The number of allylic oxidation sites excluding steroid dienone is 2. The zero-order valence-corrected chi connectivity index (χ0v) is 23.7. The lowest BCUT2D eigenvalue weighted by molar-refractivity contribution is -0.157. The molecule has 2 aliphatic heterocycles. The van der Waals surface area contributed by atoms with Crippen LogP contribution in [0.2, 0.25) is 0 Å². The van der Waals surface area contributed by atoms with Gasteiger partial charge >= 0.3 is 5.97 Å². The van der Waals surface area contributed by atoms with Crippen molar-refractivity contribution in [3.63, 3.8) is 0 Å². The summed E-state index contributed by atoms with van der Waals surface area (Å²) in [6, 6.07) is 5.47. The van der Waals surface area contributed by atoms with Crippen molar-refractivity contribution in [3.8, 4) is 0 Å². The van der Waals surface area contributed by atoms with Gasteiger partial charge in [0.1, 0.15) is 17.4 Å². The van der Waals surface area contributed by atoms with Gasteiger partial charge < -0.3 is 28.8 Å². The fourth-order valence-corrected chi connectivity index (χ4v) is 5.33. The molecule has 2 saturated heterocycles. The molecule has 0 aliphatic carbocycles. The van der Waals surface area contributed by atoms with Crippen LogP contribution in [0.3, 0.4) is 0 Å². The Labute approximate surface area is 229 Å². The third-order valence-electron chi connectivity index (χ3n) is 8.29. The number of carbonyl (C=O) groups excluding carboxylic acids is 2. The van der Waals surface area contributed by atoms with Crippen LogP contribution in [0.15, 0.2) is 34.8 Å². The van der Waals surface area contributed by atoms with E-state index in [0.29, 0.717) is 42.9 Å².